The second-order valence-corrected chi connectivity index (χ2v) is 4.24. The molecule has 0 aromatic rings. The number of hydrogen-bond donors (Lipinski definition) is 2. The van der Waals surface area contributed by atoms with Crippen LogP contribution < -0.4 is 5.32 Å². The molecular formula is C11H19NO3. The molecule has 1 amide bonds. The van der Waals surface area contributed by atoms with Crippen LogP contribution in [0.3, 0.4) is 0 Å². The number of carbonyl (C=O) groups excluding carboxylic acids is 1. The molecule has 0 saturated heterocycles. The standard InChI is InChI=1S/C11H19NO3/c1-2-11(6-7-11)10(15)12-8-4-3-5-9(13)14/h2-8H2,1H3,(H,12,15)(H,13,14). The number of carboxylic acids is 1. The van der Waals surface area contributed by atoms with Gasteiger partial charge in [-0.3, -0.25) is 9.59 Å². The molecule has 0 radical (unpaired) electrons. The lowest BCUT2D eigenvalue weighted by atomic mass is 10.0. The number of aliphatic carboxylic acids is 1. The Balaban J connectivity index is 2.05. The van der Waals surface area contributed by atoms with E-state index in [4.69, 9.17) is 5.11 Å². The van der Waals surface area contributed by atoms with E-state index in [9.17, 15) is 9.59 Å². The van der Waals surface area contributed by atoms with Crippen LogP contribution in [0.2, 0.25) is 0 Å². The fourth-order valence-corrected chi connectivity index (χ4v) is 1.68. The van der Waals surface area contributed by atoms with Gasteiger partial charge in [0.05, 0.1) is 0 Å². The zero-order chi connectivity index (χ0) is 11.3. The molecule has 4 nitrogen and oxygen atoms in total. The maximum Gasteiger partial charge on any atom is 0.303 e. The lowest BCUT2D eigenvalue weighted by molar-refractivity contribution is -0.137. The zero-order valence-electron chi connectivity index (χ0n) is 9.21. The summed E-state index contributed by atoms with van der Waals surface area (Å²) in [5.74, 6) is -0.617. The minimum Gasteiger partial charge on any atom is -0.481 e. The summed E-state index contributed by atoms with van der Waals surface area (Å²) in [6.07, 6.45) is 4.49. The summed E-state index contributed by atoms with van der Waals surface area (Å²) in [6.45, 7) is 2.64. The fourth-order valence-electron chi connectivity index (χ4n) is 1.68. The van der Waals surface area contributed by atoms with Crippen LogP contribution in [0.25, 0.3) is 0 Å². The monoisotopic (exact) mass is 213 g/mol. The summed E-state index contributed by atoms with van der Waals surface area (Å²) in [4.78, 5) is 21.9. The van der Waals surface area contributed by atoms with Gasteiger partial charge < -0.3 is 10.4 Å². The van der Waals surface area contributed by atoms with Crippen molar-refractivity contribution in [2.24, 2.45) is 5.41 Å². The van der Waals surface area contributed by atoms with Crippen molar-refractivity contribution in [3.05, 3.63) is 0 Å². The Bertz CT molecular complexity index is 246. The largest absolute Gasteiger partial charge is 0.481 e. The average molecular weight is 213 g/mol. The summed E-state index contributed by atoms with van der Waals surface area (Å²) >= 11 is 0. The zero-order valence-corrected chi connectivity index (χ0v) is 9.21. The Morgan fingerprint density at radius 3 is 2.47 bits per heavy atom. The van der Waals surface area contributed by atoms with Crippen LogP contribution >= 0.6 is 0 Å². The summed E-state index contributed by atoms with van der Waals surface area (Å²) in [6, 6.07) is 0. The molecule has 1 rings (SSSR count). The molecule has 1 aliphatic rings. The van der Waals surface area contributed by atoms with Gasteiger partial charge in [-0.2, -0.15) is 0 Å². The van der Waals surface area contributed by atoms with Gasteiger partial charge in [0.25, 0.3) is 0 Å². The highest BCUT2D eigenvalue weighted by molar-refractivity contribution is 5.85. The summed E-state index contributed by atoms with van der Waals surface area (Å²) in [5, 5.41) is 11.3. The predicted octanol–water partition coefficient (Wildman–Crippen LogP) is 1.55. The summed E-state index contributed by atoms with van der Waals surface area (Å²) in [5.41, 5.74) is -0.0766. The van der Waals surface area contributed by atoms with Crippen LogP contribution in [-0.4, -0.2) is 23.5 Å². The minimum absolute atomic E-state index is 0.0766. The highest BCUT2D eigenvalue weighted by Crippen LogP contribution is 2.48. The second kappa shape index (κ2) is 5.14. The molecule has 0 aliphatic heterocycles. The van der Waals surface area contributed by atoms with Gasteiger partial charge in [0.15, 0.2) is 0 Å². The van der Waals surface area contributed by atoms with Crippen molar-refractivity contribution in [2.75, 3.05) is 6.54 Å². The summed E-state index contributed by atoms with van der Waals surface area (Å²) in [7, 11) is 0. The van der Waals surface area contributed by atoms with Gasteiger partial charge in [-0.25, -0.2) is 0 Å². The molecule has 2 N–H and O–H groups in total. The molecule has 1 fully saturated rings. The molecule has 0 aromatic heterocycles. The molecule has 0 unspecified atom stereocenters. The van der Waals surface area contributed by atoms with E-state index in [0.717, 1.165) is 25.7 Å². The third kappa shape index (κ3) is 3.53. The Morgan fingerprint density at radius 1 is 1.33 bits per heavy atom. The van der Waals surface area contributed by atoms with Gasteiger partial charge in [0.2, 0.25) is 5.91 Å². The fraction of sp³-hybridized carbons (Fsp3) is 0.818. The number of carbonyl (C=O) groups is 2. The van der Waals surface area contributed by atoms with Crippen molar-refractivity contribution in [3.63, 3.8) is 0 Å². The number of nitrogens with one attached hydrogen (secondary N) is 1. The van der Waals surface area contributed by atoms with Gasteiger partial charge in [-0.15, -0.1) is 0 Å². The van der Waals surface area contributed by atoms with E-state index in [1.54, 1.807) is 0 Å². The third-order valence-electron chi connectivity index (χ3n) is 3.11. The maximum atomic E-state index is 11.6. The highest BCUT2D eigenvalue weighted by Gasteiger charge is 2.47. The van der Waals surface area contributed by atoms with Crippen molar-refractivity contribution >= 4 is 11.9 Å². The molecule has 0 atom stereocenters. The Hall–Kier alpha value is -1.06. The third-order valence-corrected chi connectivity index (χ3v) is 3.11. The van der Waals surface area contributed by atoms with E-state index in [2.05, 4.69) is 5.32 Å². The molecule has 15 heavy (non-hydrogen) atoms. The van der Waals surface area contributed by atoms with E-state index < -0.39 is 5.97 Å². The van der Waals surface area contributed by atoms with Crippen LogP contribution in [0, 0.1) is 5.41 Å². The van der Waals surface area contributed by atoms with Gasteiger partial charge in [-0.1, -0.05) is 6.92 Å². The quantitative estimate of drug-likeness (QED) is 0.630. The van der Waals surface area contributed by atoms with E-state index in [0.29, 0.717) is 13.0 Å². The van der Waals surface area contributed by atoms with E-state index in [1.807, 2.05) is 6.92 Å². The van der Waals surface area contributed by atoms with Gasteiger partial charge in [0, 0.05) is 18.4 Å². The molecule has 0 bridgehead atoms. The van der Waals surface area contributed by atoms with Crippen molar-refractivity contribution in [1.82, 2.24) is 5.32 Å². The maximum absolute atomic E-state index is 11.6. The van der Waals surface area contributed by atoms with Gasteiger partial charge >= 0.3 is 5.97 Å². The SMILES string of the molecule is CCC1(C(=O)NCCCCC(=O)O)CC1. The molecule has 0 aromatic carbocycles. The van der Waals surface area contributed by atoms with Crippen molar-refractivity contribution < 1.29 is 14.7 Å². The average Bonchev–Trinajstić information content (AvgIpc) is 2.97. The Kier molecular flexibility index (Phi) is 4.12. The van der Waals surface area contributed by atoms with E-state index in [1.165, 1.54) is 0 Å². The van der Waals surface area contributed by atoms with Crippen molar-refractivity contribution in [1.29, 1.82) is 0 Å². The molecule has 0 heterocycles. The molecule has 4 heteroatoms. The predicted molar refractivity (Wildman–Crippen MR) is 56.5 cm³/mol. The van der Waals surface area contributed by atoms with Crippen LogP contribution in [0.1, 0.15) is 45.4 Å². The number of hydrogen-bond acceptors (Lipinski definition) is 2. The second-order valence-electron chi connectivity index (χ2n) is 4.24. The number of rotatable bonds is 7. The van der Waals surface area contributed by atoms with Crippen molar-refractivity contribution in [2.45, 2.75) is 45.4 Å². The van der Waals surface area contributed by atoms with Crippen LogP contribution in [0.5, 0.6) is 0 Å². The van der Waals surface area contributed by atoms with Crippen LogP contribution in [-0.2, 0) is 9.59 Å². The first-order valence-electron chi connectivity index (χ1n) is 5.61. The lowest BCUT2D eigenvalue weighted by Gasteiger charge is -2.12. The first-order chi connectivity index (χ1) is 7.10. The van der Waals surface area contributed by atoms with Crippen molar-refractivity contribution in [3.8, 4) is 0 Å². The first-order valence-corrected chi connectivity index (χ1v) is 5.61. The smallest absolute Gasteiger partial charge is 0.303 e. The van der Waals surface area contributed by atoms with E-state index in [-0.39, 0.29) is 17.7 Å². The molecule has 86 valence electrons. The molecule has 1 aliphatic carbocycles. The molecular weight excluding hydrogens is 194 g/mol. The van der Waals surface area contributed by atoms with Gasteiger partial charge in [-0.05, 0) is 32.1 Å². The summed E-state index contributed by atoms with van der Waals surface area (Å²) < 4.78 is 0. The molecule has 1 saturated carbocycles. The Morgan fingerprint density at radius 2 is 2.00 bits per heavy atom. The Labute approximate surface area is 90.0 Å². The lowest BCUT2D eigenvalue weighted by Crippen LogP contribution is -2.32. The number of unbranched alkanes of at least 4 members (excludes halogenated alkanes) is 1. The normalized spacial score (nSPS) is 17.1. The van der Waals surface area contributed by atoms with Gasteiger partial charge in [0.1, 0.15) is 0 Å². The van der Waals surface area contributed by atoms with Crippen LogP contribution in [0.15, 0.2) is 0 Å². The minimum atomic E-state index is -0.770. The first kappa shape index (κ1) is 12.0. The number of carboxylic acid groups (broad SMARTS) is 1. The molecule has 0 spiro atoms. The topological polar surface area (TPSA) is 66.4 Å². The van der Waals surface area contributed by atoms with Crippen LogP contribution in [0.4, 0.5) is 0 Å². The number of amides is 1. The highest BCUT2D eigenvalue weighted by atomic mass is 16.4. The van der Waals surface area contributed by atoms with E-state index >= 15 is 0 Å².